The Bertz CT molecular complexity index is 441. The normalized spacial score (nSPS) is 11.4. The second-order valence-electron chi connectivity index (χ2n) is 5.69. The van der Waals surface area contributed by atoms with Gasteiger partial charge in [0.15, 0.2) is 0 Å². The number of hydrogen-bond acceptors (Lipinski definition) is 3. The highest BCUT2D eigenvalue weighted by Gasteiger charge is 2.19. The van der Waals surface area contributed by atoms with Crippen LogP contribution in [0.1, 0.15) is 42.6 Å². The number of hydrogen-bond donors (Lipinski definition) is 3. The molecular formula is C15H23NO3. The Balaban J connectivity index is 2.62. The molecule has 0 heterocycles. The number of phenols is 1. The van der Waals surface area contributed by atoms with Crippen LogP contribution in [0.25, 0.3) is 0 Å². The zero-order valence-corrected chi connectivity index (χ0v) is 11.9. The predicted molar refractivity (Wildman–Crippen MR) is 75.3 cm³/mol. The molecular weight excluding hydrogens is 242 g/mol. The van der Waals surface area contributed by atoms with Crippen molar-refractivity contribution < 1.29 is 15.0 Å². The number of amides is 1. The van der Waals surface area contributed by atoms with Crippen molar-refractivity contribution in [3.63, 3.8) is 0 Å². The van der Waals surface area contributed by atoms with Crippen molar-refractivity contribution in [1.29, 1.82) is 0 Å². The molecule has 0 fully saturated rings. The van der Waals surface area contributed by atoms with Crippen molar-refractivity contribution in [1.82, 2.24) is 5.32 Å². The molecule has 4 nitrogen and oxygen atoms in total. The van der Waals surface area contributed by atoms with E-state index in [1.165, 1.54) is 6.07 Å². The van der Waals surface area contributed by atoms with Crippen LogP contribution in [0.2, 0.25) is 0 Å². The maximum Gasteiger partial charge on any atom is 0.255 e. The Morgan fingerprint density at radius 2 is 2.05 bits per heavy atom. The summed E-state index contributed by atoms with van der Waals surface area (Å²) in [5.41, 5.74) is 1.16. The molecule has 1 aromatic carbocycles. The van der Waals surface area contributed by atoms with E-state index in [-0.39, 0.29) is 23.7 Å². The fraction of sp³-hybridized carbons (Fsp3) is 0.533. The lowest BCUT2D eigenvalue weighted by Gasteiger charge is -2.24. The number of aliphatic hydroxyl groups is 1. The summed E-state index contributed by atoms with van der Waals surface area (Å²) < 4.78 is 0. The van der Waals surface area contributed by atoms with E-state index in [2.05, 4.69) is 5.32 Å². The first-order valence-corrected chi connectivity index (χ1v) is 6.54. The van der Waals surface area contributed by atoms with Gasteiger partial charge in [-0.15, -0.1) is 0 Å². The maximum atomic E-state index is 12.0. The van der Waals surface area contributed by atoms with Crippen LogP contribution in [-0.2, 0) is 0 Å². The molecule has 3 N–H and O–H groups in total. The molecule has 0 unspecified atom stereocenters. The van der Waals surface area contributed by atoms with Gasteiger partial charge in [-0.2, -0.15) is 0 Å². The number of aromatic hydroxyl groups is 1. The highest BCUT2D eigenvalue weighted by atomic mass is 16.3. The number of phenolic OH excluding ortho intramolecular Hbond substituents is 1. The van der Waals surface area contributed by atoms with Crippen molar-refractivity contribution >= 4 is 5.91 Å². The highest BCUT2D eigenvalue weighted by molar-refractivity contribution is 5.97. The van der Waals surface area contributed by atoms with Crippen LogP contribution in [0.4, 0.5) is 0 Å². The van der Waals surface area contributed by atoms with E-state index in [9.17, 15) is 9.90 Å². The Labute approximate surface area is 114 Å². The van der Waals surface area contributed by atoms with Crippen LogP contribution in [-0.4, -0.2) is 29.3 Å². The second kappa shape index (κ2) is 6.57. The molecule has 1 amide bonds. The minimum absolute atomic E-state index is 0.00346. The molecule has 1 aromatic rings. The quantitative estimate of drug-likeness (QED) is 0.738. The van der Waals surface area contributed by atoms with E-state index in [0.717, 1.165) is 18.4 Å². The zero-order valence-electron chi connectivity index (χ0n) is 11.9. The standard InChI is InChI=1S/C15H23NO3/c1-11-5-6-13(18)12(9-11)14(19)16-10-15(2,3)7-4-8-17/h5-6,9,17-18H,4,7-8,10H2,1-3H3,(H,16,19). The minimum Gasteiger partial charge on any atom is -0.507 e. The van der Waals surface area contributed by atoms with E-state index < -0.39 is 0 Å². The Hall–Kier alpha value is -1.55. The molecule has 106 valence electrons. The van der Waals surface area contributed by atoms with Crippen LogP contribution in [0.3, 0.4) is 0 Å². The fourth-order valence-electron chi connectivity index (χ4n) is 1.89. The third kappa shape index (κ3) is 4.91. The topological polar surface area (TPSA) is 69.6 Å². The first-order valence-electron chi connectivity index (χ1n) is 6.54. The summed E-state index contributed by atoms with van der Waals surface area (Å²) in [6, 6.07) is 4.96. The first kappa shape index (κ1) is 15.5. The van der Waals surface area contributed by atoms with E-state index in [1.807, 2.05) is 20.8 Å². The molecule has 19 heavy (non-hydrogen) atoms. The van der Waals surface area contributed by atoms with Crippen molar-refractivity contribution in [2.75, 3.05) is 13.2 Å². The summed E-state index contributed by atoms with van der Waals surface area (Å²) in [6.45, 7) is 6.63. The highest BCUT2D eigenvalue weighted by Crippen LogP contribution is 2.22. The molecule has 0 aliphatic carbocycles. The number of aryl methyl sites for hydroxylation is 1. The third-order valence-electron chi connectivity index (χ3n) is 3.14. The number of aliphatic hydroxyl groups excluding tert-OH is 1. The molecule has 0 spiro atoms. The summed E-state index contributed by atoms with van der Waals surface area (Å²) in [7, 11) is 0. The van der Waals surface area contributed by atoms with Gasteiger partial charge < -0.3 is 15.5 Å². The number of benzene rings is 1. The Kier molecular flexibility index (Phi) is 5.36. The van der Waals surface area contributed by atoms with E-state index >= 15 is 0 Å². The van der Waals surface area contributed by atoms with Gasteiger partial charge in [0.25, 0.3) is 5.91 Å². The van der Waals surface area contributed by atoms with Crippen molar-refractivity contribution in [2.24, 2.45) is 5.41 Å². The summed E-state index contributed by atoms with van der Waals surface area (Å²) in [4.78, 5) is 12.0. The fourth-order valence-corrected chi connectivity index (χ4v) is 1.89. The molecule has 0 saturated carbocycles. The van der Waals surface area contributed by atoms with Crippen LogP contribution >= 0.6 is 0 Å². The van der Waals surface area contributed by atoms with Crippen LogP contribution < -0.4 is 5.32 Å². The van der Waals surface area contributed by atoms with Gasteiger partial charge in [-0.1, -0.05) is 25.5 Å². The van der Waals surface area contributed by atoms with Gasteiger partial charge in [0, 0.05) is 13.2 Å². The molecule has 0 atom stereocenters. The molecule has 0 aliphatic heterocycles. The van der Waals surface area contributed by atoms with Crippen molar-refractivity contribution in [3.8, 4) is 5.75 Å². The Morgan fingerprint density at radius 1 is 1.37 bits per heavy atom. The summed E-state index contributed by atoms with van der Waals surface area (Å²) >= 11 is 0. The molecule has 0 saturated heterocycles. The number of carbonyl (C=O) groups is 1. The lowest BCUT2D eigenvalue weighted by Crippen LogP contribution is -2.34. The van der Waals surface area contributed by atoms with Crippen molar-refractivity contribution in [3.05, 3.63) is 29.3 Å². The number of rotatable bonds is 6. The van der Waals surface area contributed by atoms with Gasteiger partial charge >= 0.3 is 0 Å². The van der Waals surface area contributed by atoms with Crippen LogP contribution in [0.15, 0.2) is 18.2 Å². The minimum atomic E-state index is -0.265. The van der Waals surface area contributed by atoms with E-state index in [1.54, 1.807) is 12.1 Å². The monoisotopic (exact) mass is 265 g/mol. The van der Waals surface area contributed by atoms with Gasteiger partial charge in [-0.25, -0.2) is 0 Å². The SMILES string of the molecule is Cc1ccc(O)c(C(=O)NCC(C)(C)CCCO)c1. The summed E-state index contributed by atoms with van der Waals surface area (Å²) in [6.07, 6.45) is 1.56. The van der Waals surface area contributed by atoms with Gasteiger partial charge in [0.1, 0.15) is 5.75 Å². The first-order chi connectivity index (χ1) is 8.85. The van der Waals surface area contributed by atoms with Gasteiger partial charge in [0.2, 0.25) is 0 Å². The zero-order chi connectivity index (χ0) is 14.5. The molecule has 0 aliphatic rings. The molecule has 0 aromatic heterocycles. The van der Waals surface area contributed by atoms with Gasteiger partial charge in [-0.3, -0.25) is 4.79 Å². The molecule has 1 rings (SSSR count). The van der Waals surface area contributed by atoms with Gasteiger partial charge in [-0.05, 0) is 37.3 Å². The van der Waals surface area contributed by atoms with E-state index in [4.69, 9.17) is 5.11 Å². The van der Waals surface area contributed by atoms with Crippen LogP contribution in [0.5, 0.6) is 5.75 Å². The molecule has 0 bridgehead atoms. The summed E-state index contributed by atoms with van der Waals surface area (Å²) in [5, 5.41) is 21.3. The number of nitrogens with one attached hydrogen (secondary N) is 1. The lowest BCUT2D eigenvalue weighted by molar-refractivity contribution is 0.0930. The molecule has 0 radical (unpaired) electrons. The Morgan fingerprint density at radius 3 is 2.68 bits per heavy atom. The van der Waals surface area contributed by atoms with Crippen molar-refractivity contribution in [2.45, 2.75) is 33.6 Å². The maximum absolute atomic E-state index is 12.0. The van der Waals surface area contributed by atoms with Gasteiger partial charge in [0.05, 0.1) is 5.56 Å². The summed E-state index contributed by atoms with van der Waals surface area (Å²) in [5.74, 6) is -0.269. The van der Waals surface area contributed by atoms with E-state index in [0.29, 0.717) is 12.1 Å². The smallest absolute Gasteiger partial charge is 0.255 e. The van der Waals surface area contributed by atoms with Crippen LogP contribution in [0, 0.1) is 12.3 Å². The predicted octanol–water partition coefficient (Wildman–Crippen LogP) is 2.23. The molecule has 4 heteroatoms. The third-order valence-corrected chi connectivity index (χ3v) is 3.14. The average molecular weight is 265 g/mol. The lowest BCUT2D eigenvalue weighted by atomic mass is 9.88. The average Bonchev–Trinajstić information content (AvgIpc) is 2.36. The second-order valence-corrected chi connectivity index (χ2v) is 5.69. The number of carbonyl (C=O) groups excluding carboxylic acids is 1. The largest absolute Gasteiger partial charge is 0.507 e.